The molecule has 0 spiro atoms. The molecule has 1 aromatic carbocycles. The third kappa shape index (κ3) is 6.37. The zero-order valence-electron chi connectivity index (χ0n) is 13.5. The lowest BCUT2D eigenvalue weighted by atomic mass is 10.3. The van der Waals surface area contributed by atoms with Gasteiger partial charge in [0.05, 0.1) is 19.4 Å². The zero-order valence-corrected chi connectivity index (χ0v) is 15.1. The maximum Gasteiger partial charge on any atom is 0.321 e. The molecule has 0 saturated carbocycles. The minimum absolute atomic E-state index is 0.0147. The van der Waals surface area contributed by atoms with E-state index in [4.69, 9.17) is 21.1 Å². The number of hydrogen-bond acceptors (Lipinski definition) is 6. The van der Waals surface area contributed by atoms with Crippen molar-refractivity contribution in [1.82, 2.24) is 14.5 Å². The average molecular weight is 388 g/mol. The van der Waals surface area contributed by atoms with Gasteiger partial charge in [-0.05, 0) is 24.3 Å². The van der Waals surface area contributed by atoms with Crippen LogP contribution in [0.5, 0.6) is 5.75 Å². The molecule has 2 rings (SSSR count). The van der Waals surface area contributed by atoms with E-state index < -0.39 is 22.5 Å². The lowest BCUT2D eigenvalue weighted by molar-refractivity contribution is -0.142. The molecule has 1 aromatic heterocycles. The van der Waals surface area contributed by atoms with E-state index in [0.717, 1.165) is 0 Å². The normalized spacial score (nSPS) is 11.3. The molecular formula is C15H18ClN3O5S. The number of nitrogens with zero attached hydrogens (tertiary/aromatic N) is 2. The standard InChI is InChI=1S/C15H18ClN3O5S/c1-19-11-14(9-17-19)25(21,22)18-10-15(20)24-8-2-7-23-13-5-3-12(16)4-6-13/h3-6,9,11,18H,2,7-8,10H2,1H3. The van der Waals surface area contributed by atoms with Crippen molar-refractivity contribution in [2.24, 2.45) is 7.05 Å². The highest BCUT2D eigenvalue weighted by Gasteiger charge is 2.17. The minimum Gasteiger partial charge on any atom is -0.493 e. The van der Waals surface area contributed by atoms with Gasteiger partial charge in [0.2, 0.25) is 10.0 Å². The van der Waals surface area contributed by atoms with Gasteiger partial charge in [-0.2, -0.15) is 9.82 Å². The molecule has 0 radical (unpaired) electrons. The maximum atomic E-state index is 11.9. The Hall–Kier alpha value is -2.10. The Kier molecular flexibility index (Phi) is 6.80. The van der Waals surface area contributed by atoms with Gasteiger partial charge in [0.1, 0.15) is 17.2 Å². The lowest BCUT2D eigenvalue weighted by Gasteiger charge is -2.08. The highest BCUT2D eigenvalue weighted by atomic mass is 35.5. The highest BCUT2D eigenvalue weighted by molar-refractivity contribution is 7.89. The van der Waals surface area contributed by atoms with Crippen molar-refractivity contribution in [3.63, 3.8) is 0 Å². The second kappa shape index (κ2) is 8.84. The van der Waals surface area contributed by atoms with Crippen LogP contribution in [0.4, 0.5) is 0 Å². The van der Waals surface area contributed by atoms with Crippen LogP contribution in [0, 0.1) is 0 Å². The van der Waals surface area contributed by atoms with Crippen LogP contribution < -0.4 is 9.46 Å². The minimum atomic E-state index is -3.78. The third-order valence-corrected chi connectivity index (χ3v) is 4.64. The zero-order chi connectivity index (χ0) is 18.3. The number of carbonyl (C=O) groups is 1. The van der Waals surface area contributed by atoms with Crippen LogP contribution in [0.1, 0.15) is 6.42 Å². The Bertz CT molecular complexity index is 805. The molecule has 0 aliphatic rings. The van der Waals surface area contributed by atoms with E-state index >= 15 is 0 Å². The number of aryl methyl sites for hydroxylation is 1. The van der Waals surface area contributed by atoms with E-state index in [1.165, 1.54) is 17.1 Å². The second-order valence-corrected chi connectivity index (χ2v) is 7.25. The largest absolute Gasteiger partial charge is 0.493 e. The van der Waals surface area contributed by atoms with Crippen LogP contribution in [-0.2, 0) is 26.6 Å². The number of nitrogens with one attached hydrogen (secondary N) is 1. The molecule has 0 aliphatic heterocycles. The average Bonchev–Trinajstić information content (AvgIpc) is 3.02. The summed E-state index contributed by atoms with van der Waals surface area (Å²) < 4.78 is 37.7. The van der Waals surface area contributed by atoms with Crippen molar-refractivity contribution in [3.8, 4) is 5.75 Å². The van der Waals surface area contributed by atoms with Gasteiger partial charge >= 0.3 is 5.97 Å². The summed E-state index contributed by atoms with van der Waals surface area (Å²) in [6.45, 7) is 0.0344. The second-order valence-electron chi connectivity index (χ2n) is 5.05. The number of aromatic nitrogens is 2. The molecule has 0 unspecified atom stereocenters. The summed E-state index contributed by atoms with van der Waals surface area (Å²) in [5.41, 5.74) is 0. The van der Waals surface area contributed by atoms with Crippen LogP contribution in [0.15, 0.2) is 41.6 Å². The lowest BCUT2D eigenvalue weighted by Crippen LogP contribution is -2.30. The van der Waals surface area contributed by atoms with Crippen LogP contribution in [0.3, 0.4) is 0 Å². The highest BCUT2D eigenvalue weighted by Crippen LogP contribution is 2.15. The molecule has 136 valence electrons. The smallest absolute Gasteiger partial charge is 0.321 e. The molecule has 25 heavy (non-hydrogen) atoms. The Morgan fingerprint density at radius 1 is 1.28 bits per heavy atom. The van der Waals surface area contributed by atoms with Crippen molar-refractivity contribution < 1.29 is 22.7 Å². The van der Waals surface area contributed by atoms with Gasteiger partial charge in [-0.25, -0.2) is 8.42 Å². The molecule has 0 atom stereocenters. The predicted octanol–water partition coefficient (Wildman–Crippen LogP) is 1.36. The SMILES string of the molecule is Cn1cc(S(=O)(=O)NCC(=O)OCCCOc2ccc(Cl)cc2)cn1. The summed E-state index contributed by atoms with van der Waals surface area (Å²) in [5, 5.41) is 4.39. The van der Waals surface area contributed by atoms with E-state index in [0.29, 0.717) is 23.8 Å². The van der Waals surface area contributed by atoms with Gasteiger partial charge in [0.15, 0.2) is 0 Å². The number of benzene rings is 1. The first kappa shape index (κ1) is 19.2. The summed E-state index contributed by atoms with van der Waals surface area (Å²) in [5.74, 6) is -0.00100. The predicted molar refractivity (Wildman–Crippen MR) is 90.9 cm³/mol. The van der Waals surface area contributed by atoms with E-state index in [2.05, 4.69) is 9.82 Å². The molecular weight excluding hydrogens is 370 g/mol. The van der Waals surface area contributed by atoms with Gasteiger partial charge < -0.3 is 9.47 Å². The Morgan fingerprint density at radius 2 is 2.00 bits per heavy atom. The maximum absolute atomic E-state index is 11.9. The topological polar surface area (TPSA) is 99.5 Å². The van der Waals surface area contributed by atoms with Gasteiger partial charge in [0, 0.05) is 24.7 Å². The number of hydrogen-bond donors (Lipinski definition) is 1. The molecule has 0 saturated heterocycles. The Labute approximate surface area is 150 Å². The summed E-state index contributed by atoms with van der Waals surface area (Å²) in [6.07, 6.45) is 3.01. The molecule has 0 bridgehead atoms. The molecule has 0 fully saturated rings. The first-order valence-electron chi connectivity index (χ1n) is 7.39. The summed E-state index contributed by atoms with van der Waals surface area (Å²) in [4.78, 5) is 11.6. The van der Waals surface area contributed by atoms with Crippen LogP contribution in [0.25, 0.3) is 0 Å². The molecule has 8 nitrogen and oxygen atoms in total. The van der Waals surface area contributed by atoms with Crippen molar-refractivity contribution in [2.45, 2.75) is 11.3 Å². The third-order valence-electron chi connectivity index (χ3n) is 3.03. The fourth-order valence-electron chi connectivity index (χ4n) is 1.79. The number of esters is 1. The summed E-state index contributed by atoms with van der Waals surface area (Å²) in [7, 11) is -2.18. The number of rotatable bonds is 9. The van der Waals surface area contributed by atoms with E-state index in [1.54, 1.807) is 31.3 Å². The fourth-order valence-corrected chi connectivity index (χ4v) is 2.87. The number of sulfonamides is 1. The molecule has 0 amide bonds. The van der Waals surface area contributed by atoms with E-state index in [9.17, 15) is 13.2 Å². The summed E-state index contributed by atoms with van der Waals surface area (Å²) >= 11 is 5.77. The van der Waals surface area contributed by atoms with Crippen molar-refractivity contribution in [1.29, 1.82) is 0 Å². The number of ether oxygens (including phenoxy) is 2. The fraction of sp³-hybridized carbons (Fsp3) is 0.333. The molecule has 10 heteroatoms. The molecule has 1 heterocycles. The van der Waals surface area contributed by atoms with Gasteiger partial charge in [0.25, 0.3) is 0 Å². The van der Waals surface area contributed by atoms with E-state index in [-0.39, 0.29) is 11.5 Å². The van der Waals surface area contributed by atoms with Gasteiger partial charge in [-0.1, -0.05) is 11.6 Å². The first-order valence-corrected chi connectivity index (χ1v) is 9.25. The van der Waals surface area contributed by atoms with Crippen molar-refractivity contribution in [2.75, 3.05) is 19.8 Å². The quantitative estimate of drug-likeness (QED) is 0.515. The van der Waals surface area contributed by atoms with Gasteiger partial charge in [-0.3, -0.25) is 9.48 Å². The van der Waals surface area contributed by atoms with Crippen molar-refractivity contribution >= 4 is 27.6 Å². The summed E-state index contributed by atoms with van der Waals surface area (Å²) in [6, 6.07) is 6.90. The van der Waals surface area contributed by atoms with Crippen molar-refractivity contribution in [3.05, 3.63) is 41.7 Å². The Morgan fingerprint density at radius 3 is 2.64 bits per heavy atom. The van der Waals surface area contributed by atoms with Gasteiger partial charge in [-0.15, -0.1) is 0 Å². The number of carbonyl (C=O) groups excluding carboxylic acids is 1. The monoisotopic (exact) mass is 387 g/mol. The molecule has 0 aliphatic carbocycles. The molecule has 1 N–H and O–H groups in total. The number of halogens is 1. The van der Waals surface area contributed by atoms with Crippen LogP contribution in [-0.4, -0.2) is 43.9 Å². The molecule has 2 aromatic rings. The van der Waals surface area contributed by atoms with Crippen LogP contribution in [0.2, 0.25) is 5.02 Å². The Balaban J connectivity index is 1.63. The van der Waals surface area contributed by atoms with Crippen LogP contribution >= 0.6 is 11.6 Å². The first-order chi connectivity index (χ1) is 11.9. The van der Waals surface area contributed by atoms with E-state index in [1.807, 2.05) is 0 Å².